The monoisotopic (exact) mass is 390 g/mol. The Morgan fingerprint density at radius 3 is 2.00 bits per heavy atom. The summed E-state index contributed by atoms with van der Waals surface area (Å²) in [5, 5.41) is 0. The van der Waals surface area contributed by atoms with E-state index in [2.05, 4.69) is 0 Å². The Morgan fingerprint density at radius 1 is 0.808 bits per heavy atom. The van der Waals surface area contributed by atoms with Gasteiger partial charge < -0.3 is 13.9 Å². The van der Waals surface area contributed by atoms with Gasteiger partial charge in [-0.1, -0.05) is 19.3 Å². The fraction of sp³-hybridized carbons (Fsp3) is 0.684. The first-order chi connectivity index (χ1) is 12.3. The van der Waals surface area contributed by atoms with Crippen molar-refractivity contribution in [2.24, 2.45) is 0 Å². The van der Waals surface area contributed by atoms with Crippen molar-refractivity contribution in [3.05, 3.63) is 35.1 Å². The average Bonchev–Trinajstić information content (AvgIpc) is 2.53. The molecule has 1 aromatic carbocycles. The SMILES string of the molecule is CC(C)OC(O[Si]CCCCCCc1cc(F)c(F)cc1F)OC(C)C. The van der Waals surface area contributed by atoms with E-state index in [0.717, 1.165) is 37.8 Å². The van der Waals surface area contributed by atoms with Crippen molar-refractivity contribution in [3.8, 4) is 0 Å². The average molecular weight is 391 g/mol. The van der Waals surface area contributed by atoms with Gasteiger partial charge in [-0.3, -0.25) is 0 Å². The lowest BCUT2D eigenvalue weighted by Gasteiger charge is -2.22. The molecule has 7 heteroatoms. The van der Waals surface area contributed by atoms with Gasteiger partial charge in [0.1, 0.15) is 5.82 Å². The second-order valence-corrected chi connectivity index (χ2v) is 7.72. The molecule has 0 heterocycles. The lowest BCUT2D eigenvalue weighted by Crippen LogP contribution is -2.28. The van der Waals surface area contributed by atoms with Gasteiger partial charge in [-0.05, 0) is 58.2 Å². The molecule has 0 saturated carbocycles. The van der Waals surface area contributed by atoms with Gasteiger partial charge >= 0.3 is 0 Å². The van der Waals surface area contributed by atoms with E-state index in [-0.39, 0.29) is 27.5 Å². The van der Waals surface area contributed by atoms with Crippen molar-refractivity contribution >= 4 is 9.76 Å². The molecule has 0 N–H and O–H groups in total. The van der Waals surface area contributed by atoms with Crippen LogP contribution in [0.1, 0.15) is 58.9 Å². The molecule has 0 aliphatic heterocycles. The first-order valence-corrected chi connectivity index (χ1v) is 10.2. The van der Waals surface area contributed by atoms with Crippen LogP contribution in [0.5, 0.6) is 0 Å². The van der Waals surface area contributed by atoms with Crippen molar-refractivity contribution in [2.45, 2.75) is 84.5 Å². The summed E-state index contributed by atoms with van der Waals surface area (Å²) < 4.78 is 56.3. The molecule has 0 aliphatic carbocycles. The summed E-state index contributed by atoms with van der Waals surface area (Å²) >= 11 is 0. The molecule has 1 rings (SSSR count). The summed E-state index contributed by atoms with van der Waals surface area (Å²) in [6.07, 6.45) is 4.06. The van der Waals surface area contributed by atoms with Crippen LogP contribution in [0.25, 0.3) is 0 Å². The smallest absolute Gasteiger partial charge is 0.262 e. The lowest BCUT2D eigenvalue weighted by atomic mass is 10.1. The summed E-state index contributed by atoms with van der Waals surface area (Å²) in [4.78, 5) is 0. The molecule has 148 valence electrons. The number of unbranched alkanes of at least 4 members (excludes halogenated alkanes) is 3. The first-order valence-electron chi connectivity index (χ1n) is 9.12. The number of halogens is 3. The quantitative estimate of drug-likeness (QED) is 0.195. The summed E-state index contributed by atoms with van der Waals surface area (Å²) in [6, 6.07) is 2.46. The van der Waals surface area contributed by atoms with Gasteiger partial charge in [0.2, 0.25) is 9.76 Å². The molecule has 0 fully saturated rings. The van der Waals surface area contributed by atoms with Gasteiger partial charge in [0, 0.05) is 6.07 Å². The van der Waals surface area contributed by atoms with Crippen LogP contribution < -0.4 is 0 Å². The van der Waals surface area contributed by atoms with Crippen molar-refractivity contribution in [3.63, 3.8) is 0 Å². The highest BCUT2D eigenvalue weighted by Gasteiger charge is 2.14. The number of benzene rings is 1. The number of hydrogen-bond donors (Lipinski definition) is 0. The standard InChI is InChI=1S/C19H29F3O3Si/c1-13(2)23-19(24-14(3)4)25-26-10-8-6-5-7-9-15-11-17(21)18(22)12-16(15)20/h11-14,19H,5-10H2,1-4H3. The summed E-state index contributed by atoms with van der Waals surface area (Å²) in [5.74, 6) is -2.82. The molecule has 0 saturated heterocycles. The van der Waals surface area contributed by atoms with Crippen molar-refractivity contribution in [2.75, 3.05) is 0 Å². The predicted molar refractivity (Wildman–Crippen MR) is 96.4 cm³/mol. The third-order valence-corrected chi connectivity index (χ3v) is 4.43. The molecule has 2 radical (unpaired) electrons. The fourth-order valence-corrected chi connectivity index (χ4v) is 3.04. The van der Waals surface area contributed by atoms with E-state index >= 15 is 0 Å². The summed E-state index contributed by atoms with van der Waals surface area (Å²) in [5.41, 5.74) is 0.230. The van der Waals surface area contributed by atoms with Crippen LogP contribution in [0.2, 0.25) is 6.04 Å². The molecule has 0 amide bonds. The van der Waals surface area contributed by atoms with E-state index in [1.54, 1.807) is 0 Å². The minimum absolute atomic E-state index is 0.0280. The highest BCUT2D eigenvalue weighted by atomic mass is 28.2. The highest BCUT2D eigenvalue weighted by molar-refractivity contribution is 6.27. The molecule has 0 bridgehead atoms. The molecule has 3 nitrogen and oxygen atoms in total. The molecule has 0 unspecified atom stereocenters. The van der Waals surface area contributed by atoms with Crippen LogP contribution in [0.3, 0.4) is 0 Å². The molecular formula is C19H29F3O3Si. The Balaban J connectivity index is 2.14. The number of aryl methyl sites for hydroxylation is 1. The summed E-state index contributed by atoms with van der Waals surface area (Å²) in [7, 11) is 0.290. The van der Waals surface area contributed by atoms with Crippen LogP contribution >= 0.6 is 0 Å². The van der Waals surface area contributed by atoms with E-state index in [1.165, 1.54) is 0 Å². The minimum atomic E-state index is -1.14. The first kappa shape index (κ1) is 23.1. The molecule has 0 atom stereocenters. The zero-order valence-electron chi connectivity index (χ0n) is 16.0. The molecule has 0 spiro atoms. The fourth-order valence-electron chi connectivity index (χ4n) is 2.28. The van der Waals surface area contributed by atoms with Crippen LogP contribution in [0.15, 0.2) is 12.1 Å². The highest BCUT2D eigenvalue weighted by Crippen LogP contribution is 2.17. The second kappa shape index (κ2) is 12.5. The number of ether oxygens (including phenoxy) is 2. The zero-order valence-corrected chi connectivity index (χ0v) is 17.0. The lowest BCUT2D eigenvalue weighted by molar-refractivity contribution is -0.275. The Kier molecular flexibility index (Phi) is 11.1. The Morgan fingerprint density at radius 2 is 1.38 bits per heavy atom. The van der Waals surface area contributed by atoms with Crippen molar-refractivity contribution < 1.29 is 27.1 Å². The van der Waals surface area contributed by atoms with Gasteiger partial charge in [0.05, 0.1) is 12.2 Å². The maximum Gasteiger partial charge on any atom is 0.262 e. The molecule has 0 aliphatic rings. The normalized spacial score (nSPS) is 11.9. The van der Waals surface area contributed by atoms with Gasteiger partial charge in [0.15, 0.2) is 11.6 Å². The molecular weight excluding hydrogens is 361 g/mol. The Labute approximate surface area is 157 Å². The molecule has 1 aromatic rings. The topological polar surface area (TPSA) is 27.7 Å². The number of rotatable bonds is 13. The largest absolute Gasteiger partial charge is 0.372 e. The van der Waals surface area contributed by atoms with Gasteiger partial charge in [-0.25, -0.2) is 13.2 Å². The van der Waals surface area contributed by atoms with E-state index in [4.69, 9.17) is 13.9 Å². The second-order valence-electron chi connectivity index (χ2n) is 6.69. The third-order valence-electron chi connectivity index (χ3n) is 3.51. The van der Waals surface area contributed by atoms with Crippen LogP contribution in [-0.4, -0.2) is 28.4 Å². The molecule has 26 heavy (non-hydrogen) atoms. The van der Waals surface area contributed by atoms with Gasteiger partial charge in [-0.15, -0.1) is 0 Å². The maximum absolute atomic E-state index is 13.5. The van der Waals surface area contributed by atoms with E-state index in [0.29, 0.717) is 12.5 Å². The third kappa shape index (κ3) is 9.71. The summed E-state index contributed by atoms with van der Waals surface area (Å²) in [6.45, 7) is 7.08. The Bertz CT molecular complexity index is 517. The van der Waals surface area contributed by atoms with Gasteiger partial charge in [-0.2, -0.15) is 0 Å². The maximum atomic E-state index is 13.5. The minimum Gasteiger partial charge on any atom is -0.372 e. The van der Waals surface area contributed by atoms with Crippen LogP contribution in [0, 0.1) is 17.5 Å². The van der Waals surface area contributed by atoms with Crippen molar-refractivity contribution in [1.82, 2.24) is 0 Å². The van der Waals surface area contributed by atoms with Crippen molar-refractivity contribution in [1.29, 1.82) is 0 Å². The predicted octanol–water partition coefficient (Wildman–Crippen LogP) is 5.39. The Hall–Kier alpha value is -0.893. The van der Waals surface area contributed by atoms with Crippen LogP contribution in [0.4, 0.5) is 13.2 Å². The van der Waals surface area contributed by atoms with E-state index in [1.807, 2.05) is 27.7 Å². The number of hydrogen-bond acceptors (Lipinski definition) is 3. The van der Waals surface area contributed by atoms with Gasteiger partial charge in [0.25, 0.3) is 6.48 Å². The van der Waals surface area contributed by atoms with Crippen LogP contribution in [-0.2, 0) is 20.3 Å². The zero-order chi connectivity index (χ0) is 19.5. The van der Waals surface area contributed by atoms with E-state index < -0.39 is 23.9 Å². The molecule has 0 aromatic heterocycles. The van der Waals surface area contributed by atoms with E-state index in [9.17, 15) is 13.2 Å².